The summed E-state index contributed by atoms with van der Waals surface area (Å²) in [4.78, 5) is 0. The molecule has 2 unspecified atom stereocenters. The molecule has 0 radical (unpaired) electrons. The predicted octanol–water partition coefficient (Wildman–Crippen LogP) is 0.437. The molecule has 0 aliphatic heterocycles. The molecular formula is C9H17N3O. The highest BCUT2D eigenvalue weighted by Gasteiger charge is 2.20. The van der Waals surface area contributed by atoms with Gasteiger partial charge in [-0.2, -0.15) is 5.10 Å². The van der Waals surface area contributed by atoms with Crippen LogP contribution in [0.5, 0.6) is 0 Å². The molecule has 1 heterocycles. The number of rotatable bonds is 3. The summed E-state index contributed by atoms with van der Waals surface area (Å²) in [5.41, 5.74) is 6.60. The average Bonchev–Trinajstić information content (AvgIpc) is 2.49. The van der Waals surface area contributed by atoms with Gasteiger partial charge in [0.2, 0.25) is 0 Å². The number of aryl methyl sites for hydroxylation is 1. The Bertz CT molecular complexity index is 270. The minimum Gasteiger partial charge on any atom is -0.387 e. The van der Waals surface area contributed by atoms with E-state index in [2.05, 4.69) is 5.10 Å². The number of nitrogens with two attached hydrogens (primary N) is 1. The van der Waals surface area contributed by atoms with E-state index in [0.29, 0.717) is 0 Å². The average molecular weight is 183 g/mol. The van der Waals surface area contributed by atoms with E-state index >= 15 is 0 Å². The lowest BCUT2D eigenvalue weighted by atomic mass is 9.96. The number of aliphatic hydroxyl groups is 1. The zero-order valence-corrected chi connectivity index (χ0v) is 8.31. The van der Waals surface area contributed by atoms with Crippen molar-refractivity contribution >= 4 is 0 Å². The Morgan fingerprint density at radius 3 is 2.54 bits per heavy atom. The Morgan fingerprint density at radius 2 is 2.15 bits per heavy atom. The molecule has 1 aromatic rings. The molecule has 4 nitrogen and oxygen atoms in total. The van der Waals surface area contributed by atoms with Gasteiger partial charge in [0, 0.05) is 24.8 Å². The molecule has 74 valence electrons. The smallest absolute Gasteiger partial charge is 0.0973 e. The maximum atomic E-state index is 9.79. The maximum Gasteiger partial charge on any atom is 0.0973 e. The highest BCUT2D eigenvalue weighted by molar-refractivity contribution is 5.10. The fourth-order valence-electron chi connectivity index (χ4n) is 1.18. The molecule has 0 spiro atoms. The molecule has 4 heteroatoms. The quantitative estimate of drug-likeness (QED) is 0.714. The van der Waals surface area contributed by atoms with Gasteiger partial charge in [0.15, 0.2) is 0 Å². The van der Waals surface area contributed by atoms with E-state index < -0.39 is 6.10 Å². The molecule has 0 aromatic carbocycles. The minimum atomic E-state index is -0.617. The summed E-state index contributed by atoms with van der Waals surface area (Å²) in [6.07, 6.45) is 2.81. The Morgan fingerprint density at radius 1 is 1.54 bits per heavy atom. The summed E-state index contributed by atoms with van der Waals surface area (Å²) in [5, 5.41) is 13.8. The SMILES string of the molecule is CC(C)C(N)C(O)c1cnn(C)c1. The largest absolute Gasteiger partial charge is 0.387 e. The summed E-state index contributed by atoms with van der Waals surface area (Å²) in [6, 6.07) is -0.232. The van der Waals surface area contributed by atoms with Crippen LogP contribution < -0.4 is 5.73 Å². The van der Waals surface area contributed by atoms with E-state index in [4.69, 9.17) is 5.73 Å². The number of hydrogen-bond donors (Lipinski definition) is 2. The van der Waals surface area contributed by atoms with Gasteiger partial charge in [-0.3, -0.25) is 4.68 Å². The predicted molar refractivity (Wildman–Crippen MR) is 51.0 cm³/mol. The third-order valence-corrected chi connectivity index (χ3v) is 2.20. The van der Waals surface area contributed by atoms with Crippen LogP contribution in [0.25, 0.3) is 0 Å². The monoisotopic (exact) mass is 183 g/mol. The lowest BCUT2D eigenvalue weighted by molar-refractivity contribution is 0.125. The first-order chi connectivity index (χ1) is 6.02. The van der Waals surface area contributed by atoms with Gasteiger partial charge < -0.3 is 10.8 Å². The summed E-state index contributed by atoms with van der Waals surface area (Å²) in [7, 11) is 1.82. The normalized spacial score (nSPS) is 16.2. The first-order valence-corrected chi connectivity index (χ1v) is 4.44. The number of aliphatic hydroxyl groups excluding tert-OH is 1. The van der Waals surface area contributed by atoms with Crippen molar-refractivity contribution in [3.63, 3.8) is 0 Å². The third-order valence-electron chi connectivity index (χ3n) is 2.20. The summed E-state index contributed by atoms with van der Waals surface area (Å²) < 4.78 is 1.66. The Hall–Kier alpha value is -0.870. The fourth-order valence-corrected chi connectivity index (χ4v) is 1.18. The van der Waals surface area contributed by atoms with Gasteiger partial charge in [-0.25, -0.2) is 0 Å². The van der Waals surface area contributed by atoms with Gasteiger partial charge in [-0.05, 0) is 5.92 Å². The van der Waals surface area contributed by atoms with E-state index in [-0.39, 0.29) is 12.0 Å². The number of hydrogen-bond acceptors (Lipinski definition) is 3. The fraction of sp³-hybridized carbons (Fsp3) is 0.667. The van der Waals surface area contributed by atoms with Crippen LogP contribution in [0.15, 0.2) is 12.4 Å². The summed E-state index contributed by atoms with van der Waals surface area (Å²) >= 11 is 0. The lowest BCUT2D eigenvalue weighted by Gasteiger charge is -2.20. The van der Waals surface area contributed by atoms with Crippen molar-refractivity contribution in [1.29, 1.82) is 0 Å². The molecule has 2 atom stereocenters. The van der Waals surface area contributed by atoms with Crippen LogP contribution in [-0.2, 0) is 7.05 Å². The van der Waals surface area contributed by atoms with E-state index in [0.717, 1.165) is 5.56 Å². The molecule has 0 saturated heterocycles. The van der Waals surface area contributed by atoms with Gasteiger partial charge in [-0.15, -0.1) is 0 Å². The highest BCUT2D eigenvalue weighted by atomic mass is 16.3. The van der Waals surface area contributed by atoms with Crippen LogP contribution in [0.3, 0.4) is 0 Å². The molecule has 13 heavy (non-hydrogen) atoms. The first-order valence-electron chi connectivity index (χ1n) is 4.44. The topological polar surface area (TPSA) is 64.1 Å². The van der Waals surface area contributed by atoms with Gasteiger partial charge in [0.05, 0.1) is 12.3 Å². The second-order valence-electron chi connectivity index (χ2n) is 3.71. The van der Waals surface area contributed by atoms with Crippen molar-refractivity contribution in [2.75, 3.05) is 0 Å². The molecule has 0 bridgehead atoms. The van der Waals surface area contributed by atoms with Crippen LogP contribution in [0, 0.1) is 5.92 Å². The van der Waals surface area contributed by atoms with Crippen LogP contribution in [0.1, 0.15) is 25.5 Å². The van der Waals surface area contributed by atoms with Crippen molar-refractivity contribution in [1.82, 2.24) is 9.78 Å². The lowest BCUT2D eigenvalue weighted by Crippen LogP contribution is -2.33. The van der Waals surface area contributed by atoms with E-state index in [1.54, 1.807) is 17.1 Å². The van der Waals surface area contributed by atoms with Gasteiger partial charge in [0.1, 0.15) is 0 Å². The minimum absolute atomic E-state index is 0.232. The number of nitrogens with zero attached hydrogens (tertiary/aromatic N) is 2. The van der Waals surface area contributed by atoms with E-state index in [9.17, 15) is 5.11 Å². The van der Waals surface area contributed by atoms with Gasteiger partial charge in [-0.1, -0.05) is 13.8 Å². The van der Waals surface area contributed by atoms with Crippen molar-refractivity contribution in [3.8, 4) is 0 Å². The standard InChI is InChI=1S/C9H17N3O/c1-6(2)8(10)9(13)7-4-11-12(3)5-7/h4-6,8-9,13H,10H2,1-3H3. The zero-order chi connectivity index (χ0) is 10.0. The van der Waals surface area contributed by atoms with Crippen molar-refractivity contribution in [2.45, 2.75) is 26.0 Å². The second-order valence-corrected chi connectivity index (χ2v) is 3.71. The molecule has 1 rings (SSSR count). The molecular weight excluding hydrogens is 166 g/mol. The van der Waals surface area contributed by atoms with Crippen LogP contribution >= 0.6 is 0 Å². The van der Waals surface area contributed by atoms with Crippen molar-refractivity contribution < 1.29 is 5.11 Å². The van der Waals surface area contributed by atoms with E-state index in [1.807, 2.05) is 20.9 Å². The summed E-state index contributed by atoms with van der Waals surface area (Å²) in [5.74, 6) is 0.259. The van der Waals surface area contributed by atoms with Crippen LogP contribution in [0.4, 0.5) is 0 Å². The van der Waals surface area contributed by atoms with Crippen molar-refractivity contribution in [3.05, 3.63) is 18.0 Å². The molecule has 0 aliphatic carbocycles. The van der Waals surface area contributed by atoms with Gasteiger partial charge in [0.25, 0.3) is 0 Å². The molecule has 0 aliphatic rings. The molecule has 0 fully saturated rings. The zero-order valence-electron chi connectivity index (χ0n) is 8.31. The first kappa shape index (κ1) is 10.2. The maximum absolute atomic E-state index is 9.79. The second kappa shape index (κ2) is 3.89. The van der Waals surface area contributed by atoms with Crippen molar-refractivity contribution in [2.24, 2.45) is 18.7 Å². The van der Waals surface area contributed by atoms with Crippen LogP contribution in [0.2, 0.25) is 0 Å². The third kappa shape index (κ3) is 2.29. The highest BCUT2D eigenvalue weighted by Crippen LogP contribution is 2.18. The molecule has 1 aromatic heterocycles. The van der Waals surface area contributed by atoms with E-state index in [1.165, 1.54) is 0 Å². The Kier molecular flexibility index (Phi) is 3.06. The van der Waals surface area contributed by atoms with Gasteiger partial charge >= 0.3 is 0 Å². The molecule has 3 N–H and O–H groups in total. The Labute approximate surface area is 78.4 Å². The Balaban J connectivity index is 2.73. The van der Waals surface area contributed by atoms with Crippen LogP contribution in [-0.4, -0.2) is 20.9 Å². The molecule has 0 saturated carbocycles. The molecule has 0 amide bonds. The number of aromatic nitrogens is 2. The summed E-state index contributed by atoms with van der Waals surface area (Å²) in [6.45, 7) is 3.98.